The predicted molar refractivity (Wildman–Crippen MR) is 108 cm³/mol. The number of rotatable bonds is 15. The Labute approximate surface area is 155 Å². The number of aliphatic hydroxyl groups is 1. The van der Waals surface area contributed by atoms with E-state index in [0.29, 0.717) is 11.3 Å². The molecule has 0 fully saturated rings. The molecule has 0 spiro atoms. The summed E-state index contributed by atoms with van der Waals surface area (Å²) in [7, 11) is 0. The lowest BCUT2D eigenvalue weighted by atomic mass is 9.96. The van der Waals surface area contributed by atoms with Gasteiger partial charge in [-0.05, 0) is 42.9 Å². The quantitative estimate of drug-likeness (QED) is 0.347. The predicted octanol–water partition coefficient (Wildman–Crippen LogP) is 6.69. The van der Waals surface area contributed by atoms with Gasteiger partial charge in [0.15, 0.2) is 0 Å². The van der Waals surface area contributed by atoms with Crippen molar-refractivity contribution in [1.29, 1.82) is 0 Å². The lowest BCUT2D eigenvalue weighted by Gasteiger charge is -2.12. The first-order valence-corrected chi connectivity index (χ1v) is 10.7. The van der Waals surface area contributed by atoms with Crippen molar-refractivity contribution in [3.63, 3.8) is 0 Å². The van der Waals surface area contributed by atoms with Gasteiger partial charge in [-0.1, -0.05) is 84.1 Å². The van der Waals surface area contributed by atoms with Crippen molar-refractivity contribution in [2.75, 3.05) is 0 Å². The van der Waals surface area contributed by atoms with Crippen molar-refractivity contribution >= 4 is 0 Å². The summed E-state index contributed by atoms with van der Waals surface area (Å²) in [5.41, 5.74) is 3.01. The summed E-state index contributed by atoms with van der Waals surface area (Å²) >= 11 is 0. The van der Waals surface area contributed by atoms with Crippen molar-refractivity contribution in [1.82, 2.24) is 0 Å². The summed E-state index contributed by atoms with van der Waals surface area (Å²) in [6.45, 7) is 4.42. The molecule has 0 amide bonds. The van der Waals surface area contributed by atoms with E-state index in [-0.39, 0.29) is 6.61 Å². The van der Waals surface area contributed by atoms with Gasteiger partial charge in [0.2, 0.25) is 0 Å². The fourth-order valence-electron chi connectivity index (χ4n) is 3.49. The van der Waals surface area contributed by atoms with Gasteiger partial charge in [-0.25, -0.2) is 0 Å². The molecule has 1 rings (SSSR count). The van der Waals surface area contributed by atoms with Crippen LogP contribution in [0.4, 0.5) is 0 Å². The molecule has 0 unspecified atom stereocenters. The van der Waals surface area contributed by atoms with Crippen LogP contribution in [0, 0.1) is 0 Å². The van der Waals surface area contributed by atoms with Gasteiger partial charge >= 0.3 is 0 Å². The molecule has 0 saturated carbocycles. The fraction of sp³-hybridized carbons (Fsp3) is 0.739. The molecule has 0 aliphatic heterocycles. The Morgan fingerprint density at radius 1 is 0.640 bits per heavy atom. The van der Waals surface area contributed by atoms with E-state index >= 15 is 0 Å². The number of aryl methyl sites for hydroxylation is 2. The molecule has 0 heterocycles. The lowest BCUT2D eigenvalue weighted by Crippen LogP contribution is -1.97. The topological polar surface area (TPSA) is 40.5 Å². The molecule has 0 bridgehead atoms. The van der Waals surface area contributed by atoms with Gasteiger partial charge in [0.05, 0.1) is 6.61 Å². The molecule has 0 radical (unpaired) electrons. The number of hydrogen-bond acceptors (Lipinski definition) is 2. The number of aliphatic hydroxyl groups excluding tert-OH is 1. The van der Waals surface area contributed by atoms with Crippen molar-refractivity contribution < 1.29 is 10.2 Å². The van der Waals surface area contributed by atoms with Gasteiger partial charge in [-0.2, -0.15) is 0 Å². The van der Waals surface area contributed by atoms with Crippen molar-refractivity contribution in [3.8, 4) is 5.75 Å². The van der Waals surface area contributed by atoms with E-state index in [9.17, 15) is 10.2 Å². The molecule has 0 aromatic heterocycles. The summed E-state index contributed by atoms with van der Waals surface area (Å²) in [4.78, 5) is 0. The largest absolute Gasteiger partial charge is 0.507 e. The molecule has 0 aliphatic rings. The third-order valence-corrected chi connectivity index (χ3v) is 5.12. The molecule has 0 atom stereocenters. The summed E-state index contributed by atoms with van der Waals surface area (Å²) in [5, 5.41) is 19.9. The summed E-state index contributed by atoms with van der Waals surface area (Å²) in [6.07, 6.45) is 17.3. The van der Waals surface area contributed by atoms with Crippen LogP contribution in [0.15, 0.2) is 12.1 Å². The molecule has 0 aliphatic carbocycles. The summed E-state index contributed by atoms with van der Waals surface area (Å²) < 4.78 is 0. The lowest BCUT2D eigenvalue weighted by molar-refractivity contribution is 0.275. The van der Waals surface area contributed by atoms with Crippen LogP contribution in [-0.2, 0) is 19.4 Å². The molecule has 2 N–H and O–H groups in total. The zero-order valence-corrected chi connectivity index (χ0v) is 16.7. The molecule has 1 aromatic rings. The second-order valence-corrected chi connectivity index (χ2v) is 7.46. The molecule has 144 valence electrons. The normalized spacial score (nSPS) is 11.2. The zero-order valence-electron chi connectivity index (χ0n) is 16.7. The van der Waals surface area contributed by atoms with E-state index < -0.39 is 0 Å². The minimum atomic E-state index is -0.0698. The number of hydrogen-bond donors (Lipinski definition) is 2. The average molecular weight is 349 g/mol. The Hall–Kier alpha value is -1.02. The Morgan fingerprint density at radius 2 is 1.12 bits per heavy atom. The van der Waals surface area contributed by atoms with Crippen LogP contribution in [0.5, 0.6) is 5.75 Å². The highest BCUT2D eigenvalue weighted by molar-refractivity contribution is 5.43. The molecular weight excluding hydrogens is 308 g/mol. The maximum Gasteiger partial charge on any atom is 0.124 e. The van der Waals surface area contributed by atoms with Crippen molar-refractivity contribution in [2.24, 2.45) is 0 Å². The first kappa shape index (κ1) is 22.0. The van der Waals surface area contributed by atoms with Gasteiger partial charge in [0, 0.05) is 5.56 Å². The van der Waals surface area contributed by atoms with Gasteiger partial charge in [-0.3, -0.25) is 0 Å². The van der Waals surface area contributed by atoms with Gasteiger partial charge in [-0.15, -0.1) is 0 Å². The molecule has 25 heavy (non-hydrogen) atoms. The van der Waals surface area contributed by atoms with E-state index in [0.717, 1.165) is 24.8 Å². The first-order chi connectivity index (χ1) is 12.2. The number of unbranched alkanes of at least 4 members (excludes halogenated alkanes) is 10. The van der Waals surface area contributed by atoms with Crippen LogP contribution < -0.4 is 0 Å². The number of aromatic hydroxyl groups is 1. The SMILES string of the molecule is CCCCCCCCc1cc(CO)c(O)c(CCCCCCCC)c1. The van der Waals surface area contributed by atoms with E-state index in [4.69, 9.17) is 0 Å². The van der Waals surface area contributed by atoms with Crippen LogP contribution >= 0.6 is 0 Å². The van der Waals surface area contributed by atoms with Crippen LogP contribution in [0.25, 0.3) is 0 Å². The standard InChI is InChI=1S/C23H40O2/c1-3-5-7-9-11-13-15-20-17-21(23(25)22(18-20)19-24)16-14-12-10-8-6-4-2/h17-18,24-25H,3-16,19H2,1-2H3. The third kappa shape index (κ3) is 9.30. The smallest absolute Gasteiger partial charge is 0.124 e. The van der Waals surface area contributed by atoms with E-state index in [2.05, 4.69) is 19.9 Å². The van der Waals surface area contributed by atoms with Crippen LogP contribution in [0.1, 0.15) is 108 Å². The van der Waals surface area contributed by atoms with Crippen molar-refractivity contribution in [2.45, 2.75) is 110 Å². The van der Waals surface area contributed by atoms with Gasteiger partial charge in [0.25, 0.3) is 0 Å². The van der Waals surface area contributed by atoms with E-state index in [1.54, 1.807) is 0 Å². The molecule has 2 nitrogen and oxygen atoms in total. The van der Waals surface area contributed by atoms with Crippen LogP contribution in [0.3, 0.4) is 0 Å². The fourth-order valence-corrected chi connectivity index (χ4v) is 3.49. The maximum absolute atomic E-state index is 10.4. The van der Waals surface area contributed by atoms with E-state index in [1.165, 1.54) is 76.2 Å². The second kappa shape index (κ2) is 14.2. The van der Waals surface area contributed by atoms with Gasteiger partial charge < -0.3 is 10.2 Å². The Bertz CT molecular complexity index is 454. The number of phenols is 1. The zero-order chi connectivity index (χ0) is 18.3. The van der Waals surface area contributed by atoms with Gasteiger partial charge in [0.1, 0.15) is 5.75 Å². The Kier molecular flexibility index (Phi) is 12.5. The minimum Gasteiger partial charge on any atom is -0.507 e. The molecular formula is C23H40O2. The highest BCUT2D eigenvalue weighted by Gasteiger charge is 2.09. The average Bonchev–Trinajstić information content (AvgIpc) is 2.62. The number of benzene rings is 1. The maximum atomic E-state index is 10.4. The Balaban J connectivity index is 2.47. The molecule has 2 heteroatoms. The first-order valence-electron chi connectivity index (χ1n) is 10.7. The molecule has 1 aromatic carbocycles. The van der Waals surface area contributed by atoms with Crippen LogP contribution in [-0.4, -0.2) is 10.2 Å². The molecule has 0 saturated heterocycles. The van der Waals surface area contributed by atoms with E-state index in [1.807, 2.05) is 6.07 Å². The highest BCUT2D eigenvalue weighted by Crippen LogP contribution is 2.27. The highest BCUT2D eigenvalue weighted by atomic mass is 16.3. The Morgan fingerprint density at radius 3 is 1.68 bits per heavy atom. The third-order valence-electron chi connectivity index (χ3n) is 5.12. The van der Waals surface area contributed by atoms with Crippen molar-refractivity contribution in [3.05, 3.63) is 28.8 Å². The summed E-state index contributed by atoms with van der Waals surface area (Å²) in [6, 6.07) is 4.17. The summed E-state index contributed by atoms with van der Waals surface area (Å²) in [5.74, 6) is 0.322. The second-order valence-electron chi connectivity index (χ2n) is 7.46. The van der Waals surface area contributed by atoms with Crippen LogP contribution in [0.2, 0.25) is 0 Å². The monoisotopic (exact) mass is 348 g/mol. The minimum absolute atomic E-state index is 0.0698.